The fourth-order valence-electron chi connectivity index (χ4n) is 3.24. The lowest BCUT2D eigenvalue weighted by Crippen LogP contribution is -2.24. The van der Waals surface area contributed by atoms with Crippen LogP contribution in [0.15, 0.2) is 35.4 Å². The molecule has 2 aromatic heterocycles. The number of aromatic nitrogens is 4. The molecule has 3 atom stereocenters. The van der Waals surface area contributed by atoms with Crippen molar-refractivity contribution in [3.05, 3.63) is 51.1 Å². The molecule has 146 valence electrons. The van der Waals surface area contributed by atoms with Gasteiger partial charge in [0.05, 0.1) is 29.6 Å². The Kier molecular flexibility index (Phi) is 4.30. The van der Waals surface area contributed by atoms with E-state index in [0.717, 1.165) is 4.57 Å². The Morgan fingerprint density at radius 2 is 2.21 bits per heavy atom. The molecular weight excluding hydrogens is 372 g/mol. The van der Waals surface area contributed by atoms with Crippen LogP contribution in [0.1, 0.15) is 12.6 Å². The lowest BCUT2D eigenvalue weighted by atomic mass is 10.2. The zero-order valence-electron chi connectivity index (χ0n) is 14.4. The second-order valence-corrected chi connectivity index (χ2v) is 6.33. The highest BCUT2D eigenvalue weighted by Crippen LogP contribution is 2.30. The summed E-state index contributed by atoms with van der Waals surface area (Å²) in [6.07, 6.45) is -0.753. The van der Waals surface area contributed by atoms with E-state index in [9.17, 15) is 25.1 Å². The van der Waals surface area contributed by atoms with Crippen LogP contribution < -0.4 is 11.3 Å². The van der Waals surface area contributed by atoms with Gasteiger partial charge in [0.2, 0.25) is 5.95 Å². The van der Waals surface area contributed by atoms with Crippen LogP contribution in [-0.2, 0) is 4.74 Å². The van der Waals surface area contributed by atoms with Gasteiger partial charge in [-0.25, -0.2) is 9.55 Å². The Balaban J connectivity index is 1.82. The third-order valence-corrected chi connectivity index (χ3v) is 4.62. The van der Waals surface area contributed by atoms with Crippen LogP contribution >= 0.6 is 0 Å². The SMILES string of the molecule is Nc1nc2c(ncn2[C@H]2C[C@H](O)[C@@H](CO)O2)c(=O)n1-c1cccc([N+](=O)[O-])c1. The minimum absolute atomic E-state index is 0.00811. The fraction of sp³-hybridized carbons (Fsp3) is 0.312. The van der Waals surface area contributed by atoms with E-state index in [0.29, 0.717) is 0 Å². The molecule has 4 rings (SSSR count). The number of aliphatic hydroxyl groups excluding tert-OH is 2. The summed E-state index contributed by atoms with van der Waals surface area (Å²) in [6, 6.07) is 5.44. The van der Waals surface area contributed by atoms with E-state index in [1.54, 1.807) is 0 Å². The van der Waals surface area contributed by atoms with Crippen LogP contribution in [0.25, 0.3) is 16.9 Å². The molecule has 0 unspecified atom stereocenters. The Morgan fingerprint density at radius 3 is 2.89 bits per heavy atom. The predicted octanol–water partition coefficient (Wildman–Crippen LogP) is -0.287. The average Bonchev–Trinajstić information content (AvgIpc) is 3.25. The maximum absolute atomic E-state index is 12.9. The van der Waals surface area contributed by atoms with Gasteiger partial charge in [-0.05, 0) is 6.07 Å². The van der Waals surface area contributed by atoms with Gasteiger partial charge in [0, 0.05) is 18.6 Å². The molecule has 1 saturated heterocycles. The number of nitrogens with two attached hydrogens (primary N) is 1. The minimum Gasteiger partial charge on any atom is -0.394 e. The normalized spacial score (nSPS) is 22.0. The number of benzene rings is 1. The van der Waals surface area contributed by atoms with E-state index in [4.69, 9.17) is 10.5 Å². The molecule has 4 N–H and O–H groups in total. The van der Waals surface area contributed by atoms with Gasteiger partial charge in [-0.3, -0.25) is 19.5 Å². The molecule has 0 bridgehead atoms. The summed E-state index contributed by atoms with van der Waals surface area (Å²) in [4.78, 5) is 31.6. The Bertz CT molecular complexity index is 1120. The largest absolute Gasteiger partial charge is 0.394 e. The van der Waals surface area contributed by atoms with Crippen LogP contribution in [-0.4, -0.2) is 53.1 Å². The van der Waals surface area contributed by atoms with Crippen molar-refractivity contribution >= 4 is 22.8 Å². The molecule has 1 aromatic carbocycles. The number of hydrogen-bond acceptors (Lipinski definition) is 9. The molecule has 12 heteroatoms. The molecule has 12 nitrogen and oxygen atoms in total. The van der Waals surface area contributed by atoms with E-state index < -0.39 is 28.9 Å². The zero-order valence-corrected chi connectivity index (χ0v) is 14.4. The van der Waals surface area contributed by atoms with Crippen molar-refractivity contribution in [2.45, 2.75) is 24.9 Å². The zero-order chi connectivity index (χ0) is 20.0. The Labute approximate surface area is 156 Å². The second-order valence-electron chi connectivity index (χ2n) is 6.33. The molecule has 0 saturated carbocycles. The van der Waals surface area contributed by atoms with Crippen molar-refractivity contribution in [1.82, 2.24) is 19.1 Å². The summed E-state index contributed by atoms with van der Waals surface area (Å²) in [7, 11) is 0. The van der Waals surface area contributed by atoms with E-state index in [1.165, 1.54) is 35.2 Å². The lowest BCUT2D eigenvalue weighted by Gasteiger charge is -2.14. The van der Waals surface area contributed by atoms with Crippen LogP contribution in [0, 0.1) is 10.1 Å². The topological polar surface area (TPSA) is 172 Å². The number of imidazole rings is 1. The smallest absolute Gasteiger partial charge is 0.287 e. The first-order valence-corrected chi connectivity index (χ1v) is 8.35. The molecule has 0 aliphatic carbocycles. The van der Waals surface area contributed by atoms with E-state index in [1.807, 2.05) is 0 Å². The maximum atomic E-state index is 12.9. The van der Waals surface area contributed by atoms with Gasteiger partial charge < -0.3 is 20.7 Å². The first-order chi connectivity index (χ1) is 13.4. The molecular formula is C16H16N6O6. The molecule has 0 amide bonds. The number of anilines is 1. The molecule has 1 aliphatic heterocycles. The molecule has 0 spiro atoms. The van der Waals surface area contributed by atoms with E-state index in [-0.39, 0.29) is 41.5 Å². The number of nitro groups is 1. The van der Waals surface area contributed by atoms with E-state index in [2.05, 4.69) is 9.97 Å². The standard InChI is InChI=1S/C16H16N6O6/c17-16-19-14-13(18-7-20(14)12-5-10(24)11(6-23)28-12)15(25)21(16)8-2-1-3-9(4-8)22(26)27/h1-4,7,10-12,23-24H,5-6H2,(H2,17,19)/t10-,11+,12+/m0/s1. The van der Waals surface area contributed by atoms with Crippen LogP contribution in [0.2, 0.25) is 0 Å². The van der Waals surface area contributed by atoms with Gasteiger partial charge in [0.1, 0.15) is 12.3 Å². The Hall–Kier alpha value is -3.35. The molecule has 1 fully saturated rings. The molecule has 28 heavy (non-hydrogen) atoms. The fourth-order valence-corrected chi connectivity index (χ4v) is 3.24. The number of non-ortho nitro benzene ring substituents is 1. The number of rotatable bonds is 4. The number of aliphatic hydroxyl groups is 2. The number of nitro benzene ring substituents is 1. The summed E-state index contributed by atoms with van der Waals surface area (Å²) in [5.74, 6) is -0.183. The summed E-state index contributed by atoms with van der Waals surface area (Å²) in [5, 5.41) is 30.1. The summed E-state index contributed by atoms with van der Waals surface area (Å²) < 4.78 is 8.07. The van der Waals surface area contributed by atoms with Gasteiger partial charge in [-0.15, -0.1) is 0 Å². The van der Waals surface area contributed by atoms with Crippen molar-refractivity contribution in [3.8, 4) is 5.69 Å². The van der Waals surface area contributed by atoms with E-state index >= 15 is 0 Å². The maximum Gasteiger partial charge on any atom is 0.287 e. The third kappa shape index (κ3) is 2.79. The van der Waals surface area contributed by atoms with Crippen molar-refractivity contribution in [2.75, 3.05) is 12.3 Å². The number of fused-ring (bicyclic) bond motifs is 1. The predicted molar refractivity (Wildman–Crippen MR) is 95.8 cm³/mol. The summed E-state index contributed by atoms with van der Waals surface area (Å²) in [6.45, 7) is -0.348. The summed E-state index contributed by atoms with van der Waals surface area (Å²) >= 11 is 0. The number of nitrogens with zero attached hydrogens (tertiary/aromatic N) is 5. The van der Waals surface area contributed by atoms with Crippen LogP contribution in [0.4, 0.5) is 11.6 Å². The molecule has 3 aromatic rings. The highest BCUT2D eigenvalue weighted by Gasteiger charge is 2.35. The number of nitrogen functional groups attached to an aromatic ring is 1. The van der Waals surface area contributed by atoms with Gasteiger partial charge >= 0.3 is 0 Å². The van der Waals surface area contributed by atoms with Gasteiger partial charge in [0.15, 0.2) is 11.2 Å². The van der Waals surface area contributed by atoms with Crippen LogP contribution in [0.5, 0.6) is 0 Å². The second kappa shape index (κ2) is 6.67. The van der Waals surface area contributed by atoms with Crippen LogP contribution in [0.3, 0.4) is 0 Å². The summed E-state index contributed by atoms with van der Waals surface area (Å²) in [5.41, 5.74) is 5.50. The van der Waals surface area contributed by atoms with Crippen molar-refractivity contribution < 1.29 is 19.9 Å². The third-order valence-electron chi connectivity index (χ3n) is 4.62. The van der Waals surface area contributed by atoms with Crippen molar-refractivity contribution in [1.29, 1.82) is 0 Å². The highest BCUT2D eigenvalue weighted by atomic mass is 16.6. The van der Waals surface area contributed by atoms with Gasteiger partial charge in [-0.1, -0.05) is 6.07 Å². The average molecular weight is 388 g/mol. The van der Waals surface area contributed by atoms with Crippen molar-refractivity contribution in [2.24, 2.45) is 0 Å². The minimum atomic E-state index is -0.866. The monoisotopic (exact) mass is 388 g/mol. The quantitative estimate of drug-likeness (QED) is 0.401. The number of ether oxygens (including phenoxy) is 1. The van der Waals surface area contributed by atoms with Gasteiger partial charge in [0.25, 0.3) is 11.2 Å². The van der Waals surface area contributed by atoms with Gasteiger partial charge in [-0.2, -0.15) is 4.98 Å². The first-order valence-electron chi connectivity index (χ1n) is 8.35. The first kappa shape index (κ1) is 18.0. The number of hydrogen-bond donors (Lipinski definition) is 3. The molecule has 1 aliphatic rings. The molecule has 0 radical (unpaired) electrons. The Morgan fingerprint density at radius 1 is 1.43 bits per heavy atom. The lowest BCUT2D eigenvalue weighted by molar-refractivity contribution is -0.384. The highest BCUT2D eigenvalue weighted by molar-refractivity contribution is 5.72. The van der Waals surface area contributed by atoms with Crippen molar-refractivity contribution in [3.63, 3.8) is 0 Å². The molecule has 3 heterocycles.